The predicted molar refractivity (Wildman–Crippen MR) is 81.7 cm³/mol. The highest BCUT2D eigenvalue weighted by Crippen LogP contribution is 2.35. The number of hydrogen-bond acceptors (Lipinski definition) is 4. The number of para-hydroxylation sites is 1. The zero-order chi connectivity index (χ0) is 15.7. The summed E-state index contributed by atoms with van der Waals surface area (Å²) in [4.78, 5) is 29.5. The van der Waals surface area contributed by atoms with Crippen LogP contribution in [0.4, 0.5) is 0 Å². The largest absolute Gasteiger partial charge is 0.366 e. The lowest BCUT2D eigenvalue weighted by Crippen LogP contribution is -2.51. The number of amides is 2. The highest BCUT2D eigenvalue weighted by atomic mass is 16.2. The Morgan fingerprint density at radius 3 is 2.77 bits per heavy atom. The summed E-state index contributed by atoms with van der Waals surface area (Å²) in [6.45, 7) is 1.18. The van der Waals surface area contributed by atoms with Gasteiger partial charge in [0.25, 0.3) is 5.91 Å². The molecule has 1 unspecified atom stereocenters. The zero-order valence-electron chi connectivity index (χ0n) is 12.2. The normalized spacial score (nSPS) is 23.6. The summed E-state index contributed by atoms with van der Waals surface area (Å²) >= 11 is 0. The SMILES string of the molecule is NC(=O)C=C(C(N)=O)N1CCCC12C=c1ccccc1=NC2. The number of primary amides is 2. The van der Waals surface area contributed by atoms with Gasteiger partial charge in [0.2, 0.25) is 5.91 Å². The maximum absolute atomic E-state index is 11.8. The Hall–Kier alpha value is -2.63. The summed E-state index contributed by atoms with van der Waals surface area (Å²) in [5.74, 6) is -1.32. The topological polar surface area (TPSA) is 102 Å². The van der Waals surface area contributed by atoms with Crippen molar-refractivity contribution in [3.05, 3.63) is 46.6 Å². The van der Waals surface area contributed by atoms with Crippen LogP contribution < -0.4 is 22.0 Å². The van der Waals surface area contributed by atoms with Crippen molar-refractivity contribution in [2.75, 3.05) is 13.1 Å². The van der Waals surface area contributed by atoms with Crippen LogP contribution in [0.1, 0.15) is 12.8 Å². The Morgan fingerprint density at radius 1 is 1.27 bits per heavy atom. The zero-order valence-corrected chi connectivity index (χ0v) is 12.2. The number of nitrogens with two attached hydrogens (primary N) is 2. The Balaban J connectivity index is 2.09. The lowest BCUT2D eigenvalue weighted by atomic mass is 9.92. The molecule has 0 aromatic heterocycles. The first kappa shape index (κ1) is 14.3. The van der Waals surface area contributed by atoms with Gasteiger partial charge in [-0.15, -0.1) is 0 Å². The van der Waals surface area contributed by atoms with Gasteiger partial charge in [-0.05, 0) is 30.2 Å². The highest BCUT2D eigenvalue weighted by Gasteiger charge is 2.42. The Morgan fingerprint density at radius 2 is 2.05 bits per heavy atom. The molecule has 114 valence electrons. The molecular formula is C16H18N4O2. The van der Waals surface area contributed by atoms with Crippen LogP contribution in [0.15, 0.2) is 41.0 Å². The first-order valence-electron chi connectivity index (χ1n) is 7.23. The number of carbonyl (C=O) groups is 2. The molecule has 0 saturated carbocycles. The number of hydrogen-bond donors (Lipinski definition) is 2. The summed E-state index contributed by atoms with van der Waals surface area (Å²) in [7, 11) is 0. The Labute approximate surface area is 127 Å². The average molecular weight is 298 g/mol. The minimum absolute atomic E-state index is 0.163. The number of rotatable bonds is 3. The van der Waals surface area contributed by atoms with E-state index in [0.717, 1.165) is 29.5 Å². The molecule has 0 bridgehead atoms. The number of fused-ring (bicyclic) bond motifs is 1. The summed E-state index contributed by atoms with van der Waals surface area (Å²) in [5, 5.41) is 1.98. The molecule has 22 heavy (non-hydrogen) atoms. The van der Waals surface area contributed by atoms with Crippen molar-refractivity contribution in [1.82, 2.24) is 4.90 Å². The Bertz CT molecular complexity index is 784. The van der Waals surface area contributed by atoms with Gasteiger partial charge >= 0.3 is 0 Å². The van der Waals surface area contributed by atoms with Gasteiger partial charge in [-0.25, -0.2) is 0 Å². The van der Waals surface area contributed by atoms with Gasteiger partial charge in [-0.1, -0.05) is 18.2 Å². The smallest absolute Gasteiger partial charge is 0.265 e. The van der Waals surface area contributed by atoms with Crippen LogP contribution in [0.5, 0.6) is 0 Å². The van der Waals surface area contributed by atoms with Crippen LogP contribution >= 0.6 is 0 Å². The molecule has 1 aromatic rings. The Kier molecular flexibility index (Phi) is 3.44. The van der Waals surface area contributed by atoms with Crippen LogP contribution in [0.3, 0.4) is 0 Å². The molecule has 6 heteroatoms. The van der Waals surface area contributed by atoms with Crippen molar-refractivity contribution < 1.29 is 9.59 Å². The molecule has 2 aliphatic rings. The van der Waals surface area contributed by atoms with Gasteiger partial charge in [0, 0.05) is 12.6 Å². The van der Waals surface area contributed by atoms with Gasteiger partial charge in [0.05, 0.1) is 17.4 Å². The second-order valence-corrected chi connectivity index (χ2v) is 5.67. The molecule has 4 N–H and O–H groups in total. The van der Waals surface area contributed by atoms with E-state index in [1.165, 1.54) is 0 Å². The fourth-order valence-corrected chi connectivity index (χ4v) is 3.30. The van der Waals surface area contributed by atoms with Crippen molar-refractivity contribution in [2.24, 2.45) is 16.5 Å². The van der Waals surface area contributed by atoms with Gasteiger partial charge in [-0.3, -0.25) is 14.6 Å². The molecule has 1 saturated heterocycles. The van der Waals surface area contributed by atoms with Gasteiger partial charge in [0.1, 0.15) is 5.70 Å². The van der Waals surface area contributed by atoms with E-state index in [1.807, 2.05) is 29.2 Å². The van der Waals surface area contributed by atoms with Crippen molar-refractivity contribution in [3.8, 4) is 0 Å². The summed E-state index contributed by atoms with van der Waals surface area (Å²) in [6, 6.07) is 7.87. The molecule has 1 atom stereocenters. The maximum Gasteiger partial charge on any atom is 0.265 e. The van der Waals surface area contributed by atoms with E-state index in [1.54, 1.807) is 0 Å². The number of likely N-dealkylation sites (tertiary alicyclic amines) is 1. The fourth-order valence-electron chi connectivity index (χ4n) is 3.30. The molecule has 0 aliphatic carbocycles. The molecule has 2 aliphatic heterocycles. The summed E-state index contributed by atoms with van der Waals surface area (Å²) in [6.07, 6.45) is 5.00. The second-order valence-electron chi connectivity index (χ2n) is 5.67. The first-order chi connectivity index (χ1) is 10.5. The number of nitrogens with zero attached hydrogens (tertiary/aromatic N) is 2. The maximum atomic E-state index is 11.8. The van der Waals surface area contributed by atoms with Gasteiger partial charge in [-0.2, -0.15) is 0 Å². The molecular weight excluding hydrogens is 280 g/mol. The fraction of sp³-hybridized carbons (Fsp3) is 0.312. The van der Waals surface area contributed by atoms with E-state index < -0.39 is 17.4 Å². The first-order valence-corrected chi connectivity index (χ1v) is 7.23. The summed E-state index contributed by atoms with van der Waals surface area (Å²) < 4.78 is 0. The average Bonchev–Trinajstić information content (AvgIpc) is 2.87. The molecule has 2 amide bonds. The van der Waals surface area contributed by atoms with Crippen molar-refractivity contribution in [2.45, 2.75) is 18.4 Å². The van der Waals surface area contributed by atoms with Gasteiger partial charge in [0.15, 0.2) is 0 Å². The number of carbonyl (C=O) groups excluding carboxylic acids is 2. The molecule has 0 radical (unpaired) electrons. The van der Waals surface area contributed by atoms with E-state index in [2.05, 4.69) is 11.1 Å². The predicted octanol–water partition coefficient (Wildman–Crippen LogP) is -1.21. The van der Waals surface area contributed by atoms with E-state index in [9.17, 15) is 9.59 Å². The third-order valence-electron chi connectivity index (χ3n) is 4.24. The number of benzene rings is 1. The molecule has 3 rings (SSSR count). The quantitative estimate of drug-likeness (QED) is 0.684. The lowest BCUT2D eigenvalue weighted by Gasteiger charge is -2.38. The highest BCUT2D eigenvalue weighted by molar-refractivity contribution is 5.99. The van der Waals surface area contributed by atoms with Crippen molar-refractivity contribution >= 4 is 17.9 Å². The van der Waals surface area contributed by atoms with Gasteiger partial charge < -0.3 is 16.4 Å². The third-order valence-corrected chi connectivity index (χ3v) is 4.24. The standard InChI is InChI=1S/C16H18N4O2/c17-14(21)8-13(15(18)22)20-7-3-6-16(20)9-11-4-1-2-5-12(11)19-10-16/h1-2,4-5,8-9H,3,6-7,10H2,(H2,17,21)(H2,18,22). The monoisotopic (exact) mass is 298 g/mol. The van der Waals surface area contributed by atoms with Crippen LogP contribution in [-0.4, -0.2) is 35.3 Å². The minimum Gasteiger partial charge on any atom is -0.366 e. The minimum atomic E-state index is -0.677. The van der Waals surface area contributed by atoms with E-state index in [0.29, 0.717) is 13.1 Å². The summed E-state index contributed by atoms with van der Waals surface area (Å²) in [5.41, 5.74) is 10.4. The van der Waals surface area contributed by atoms with Crippen molar-refractivity contribution in [3.63, 3.8) is 0 Å². The van der Waals surface area contributed by atoms with Crippen LogP contribution in [0.25, 0.3) is 6.08 Å². The molecule has 6 nitrogen and oxygen atoms in total. The van der Waals surface area contributed by atoms with E-state index >= 15 is 0 Å². The molecule has 1 aromatic carbocycles. The van der Waals surface area contributed by atoms with Crippen LogP contribution in [0, 0.1) is 0 Å². The molecule has 1 fully saturated rings. The van der Waals surface area contributed by atoms with E-state index in [-0.39, 0.29) is 5.70 Å². The van der Waals surface area contributed by atoms with E-state index in [4.69, 9.17) is 11.5 Å². The lowest BCUT2D eigenvalue weighted by molar-refractivity contribution is -0.118. The third kappa shape index (κ3) is 2.36. The molecule has 2 heterocycles. The van der Waals surface area contributed by atoms with Crippen LogP contribution in [0.2, 0.25) is 0 Å². The van der Waals surface area contributed by atoms with Crippen molar-refractivity contribution in [1.29, 1.82) is 0 Å². The second kappa shape index (κ2) is 5.29. The molecule has 1 spiro atoms. The van der Waals surface area contributed by atoms with Crippen LogP contribution in [-0.2, 0) is 9.59 Å².